The second kappa shape index (κ2) is 4.76. The average Bonchev–Trinajstić information content (AvgIpc) is 2.16. The van der Waals surface area contributed by atoms with Gasteiger partial charge in [-0.05, 0) is 0 Å². The molecule has 0 saturated heterocycles. The molecule has 0 N–H and O–H groups in total. The molecule has 0 aliphatic carbocycles. The molecule has 0 aliphatic rings. The van der Waals surface area contributed by atoms with Crippen molar-refractivity contribution in [2.24, 2.45) is 0 Å². The van der Waals surface area contributed by atoms with E-state index in [9.17, 15) is 43.9 Å². The number of hydrogen-bond donors (Lipinski definition) is 0. The van der Waals surface area contributed by atoms with Crippen LogP contribution in [0.4, 0.5) is 43.9 Å². The third-order valence-corrected chi connectivity index (χ3v) is 2.05. The lowest BCUT2D eigenvalue weighted by molar-refractivity contribution is -0.371. The molecule has 0 spiro atoms. The maximum absolute atomic E-state index is 12.7. The van der Waals surface area contributed by atoms with Crippen molar-refractivity contribution in [3.63, 3.8) is 0 Å². The molecule has 0 heterocycles. The lowest BCUT2D eigenvalue weighted by Gasteiger charge is -2.35. The van der Waals surface area contributed by atoms with Crippen molar-refractivity contribution in [2.45, 2.75) is 43.5 Å². The van der Waals surface area contributed by atoms with E-state index >= 15 is 0 Å². The van der Waals surface area contributed by atoms with Gasteiger partial charge in [0.15, 0.2) is 0 Å². The number of hydrogen-bond acceptors (Lipinski definition) is 0. The van der Waals surface area contributed by atoms with Crippen molar-refractivity contribution in [3.8, 4) is 0 Å². The van der Waals surface area contributed by atoms with Crippen LogP contribution in [0.1, 0.15) is 19.8 Å². The van der Waals surface area contributed by atoms with Crippen LogP contribution in [-0.4, -0.2) is 23.7 Å². The van der Waals surface area contributed by atoms with Gasteiger partial charge in [-0.25, -0.2) is 0 Å². The van der Waals surface area contributed by atoms with Gasteiger partial charge in [0, 0.05) is 6.42 Å². The fourth-order valence-corrected chi connectivity index (χ4v) is 1.02. The van der Waals surface area contributed by atoms with Gasteiger partial charge < -0.3 is 0 Å². The maximum atomic E-state index is 12.7. The van der Waals surface area contributed by atoms with Crippen molar-refractivity contribution in [1.82, 2.24) is 0 Å². The van der Waals surface area contributed by atoms with Gasteiger partial charge in [-0.3, -0.25) is 0 Å². The molecule has 0 aromatic rings. The Morgan fingerprint density at radius 2 is 1.17 bits per heavy atom. The zero-order valence-corrected chi connectivity index (χ0v) is 8.69. The fraction of sp³-hybridized carbons (Fsp3) is 0.875. The summed E-state index contributed by atoms with van der Waals surface area (Å²) in [5.74, 6) is -25.7. The third-order valence-electron chi connectivity index (χ3n) is 2.05. The summed E-state index contributed by atoms with van der Waals surface area (Å²) in [6, 6.07) is 0. The molecule has 109 valence electrons. The zero-order valence-electron chi connectivity index (χ0n) is 8.69. The Kier molecular flexibility index (Phi) is 4.58. The van der Waals surface area contributed by atoms with E-state index in [1.54, 1.807) is 0 Å². The highest BCUT2D eigenvalue weighted by molar-refractivity contribution is 5.08. The molecule has 1 radical (unpaired) electrons. The van der Waals surface area contributed by atoms with Crippen LogP contribution in [0.5, 0.6) is 0 Å². The first-order chi connectivity index (χ1) is 7.75. The van der Waals surface area contributed by atoms with Gasteiger partial charge >= 0.3 is 30.1 Å². The van der Waals surface area contributed by atoms with Gasteiger partial charge in [0.1, 0.15) is 0 Å². The monoisotopic (exact) mass is 293 g/mol. The van der Waals surface area contributed by atoms with Crippen LogP contribution < -0.4 is 0 Å². The second-order valence-electron chi connectivity index (χ2n) is 3.44. The molecule has 0 aliphatic heterocycles. The summed E-state index contributed by atoms with van der Waals surface area (Å²) in [6.45, 7) is 0.905. The Bertz CT molecular complexity index is 282. The largest absolute Gasteiger partial charge is 0.385 e. The van der Waals surface area contributed by atoms with Crippen molar-refractivity contribution in [1.29, 1.82) is 0 Å². The first kappa shape index (κ1) is 17.3. The molecular weight excluding hydrogens is 286 g/mol. The SMILES string of the molecule is CCCC(F)(F)C(F)(F)C(F)(F)C(F)(F)[C](F)F. The Hall–Kier alpha value is -0.700. The van der Waals surface area contributed by atoms with Gasteiger partial charge in [-0.1, -0.05) is 13.3 Å². The van der Waals surface area contributed by atoms with Crippen molar-refractivity contribution in [3.05, 3.63) is 6.43 Å². The van der Waals surface area contributed by atoms with Gasteiger partial charge in [-0.15, -0.1) is 0 Å². The van der Waals surface area contributed by atoms with Crippen LogP contribution in [0.2, 0.25) is 0 Å². The molecular formula is C8H7F10. The molecule has 0 unspecified atom stereocenters. The predicted molar refractivity (Wildman–Crippen MR) is 40.2 cm³/mol. The van der Waals surface area contributed by atoms with E-state index in [1.807, 2.05) is 0 Å². The number of halogens is 10. The molecule has 0 atom stereocenters. The van der Waals surface area contributed by atoms with Gasteiger partial charge in [-0.2, -0.15) is 43.9 Å². The van der Waals surface area contributed by atoms with E-state index in [0.717, 1.165) is 6.92 Å². The number of rotatable bonds is 6. The Labute approximate surface area is 94.9 Å². The molecule has 18 heavy (non-hydrogen) atoms. The van der Waals surface area contributed by atoms with Gasteiger partial charge in [0.2, 0.25) is 0 Å². The standard InChI is InChI=1S/C8H7F10/c1-2-3-5(11,12)7(15,16)8(17,18)6(13,14)4(9)10/h2-3H2,1H3. The number of alkyl halides is 8. The summed E-state index contributed by atoms with van der Waals surface area (Å²) in [5.41, 5.74) is 0. The molecule has 10 heteroatoms. The molecule has 0 saturated carbocycles. The van der Waals surface area contributed by atoms with Crippen LogP contribution in [0.25, 0.3) is 0 Å². The second-order valence-corrected chi connectivity index (χ2v) is 3.44. The van der Waals surface area contributed by atoms with Crippen LogP contribution in [0, 0.1) is 6.43 Å². The summed E-state index contributed by atoms with van der Waals surface area (Å²) in [7, 11) is 0. The maximum Gasteiger partial charge on any atom is 0.385 e. The molecule has 0 aromatic heterocycles. The fourth-order valence-electron chi connectivity index (χ4n) is 1.02. The van der Waals surface area contributed by atoms with Crippen LogP contribution in [0.15, 0.2) is 0 Å². The topological polar surface area (TPSA) is 0 Å². The Balaban J connectivity index is 5.58. The summed E-state index contributed by atoms with van der Waals surface area (Å²) >= 11 is 0. The lowest BCUT2D eigenvalue weighted by Crippen LogP contribution is -2.62. The first-order valence-electron chi connectivity index (χ1n) is 4.45. The van der Waals surface area contributed by atoms with E-state index in [1.165, 1.54) is 0 Å². The molecule has 0 fully saturated rings. The summed E-state index contributed by atoms with van der Waals surface area (Å²) in [5, 5.41) is 0. The van der Waals surface area contributed by atoms with Crippen LogP contribution in [-0.2, 0) is 0 Å². The van der Waals surface area contributed by atoms with Gasteiger partial charge in [0.05, 0.1) is 0 Å². The Morgan fingerprint density at radius 1 is 0.778 bits per heavy atom. The Morgan fingerprint density at radius 3 is 1.44 bits per heavy atom. The van der Waals surface area contributed by atoms with Gasteiger partial charge in [0.25, 0.3) is 0 Å². The molecule has 0 rings (SSSR count). The molecule has 0 bridgehead atoms. The minimum absolute atomic E-state index is 0.730. The minimum atomic E-state index is -6.91. The lowest BCUT2D eigenvalue weighted by atomic mass is 9.96. The van der Waals surface area contributed by atoms with Crippen LogP contribution in [0.3, 0.4) is 0 Å². The van der Waals surface area contributed by atoms with E-state index in [-0.39, 0.29) is 0 Å². The highest BCUT2D eigenvalue weighted by Crippen LogP contribution is 2.56. The molecule has 0 aromatic carbocycles. The molecule has 0 amide bonds. The van der Waals surface area contributed by atoms with E-state index in [0.29, 0.717) is 0 Å². The summed E-state index contributed by atoms with van der Waals surface area (Å²) in [4.78, 5) is 0. The predicted octanol–water partition coefficient (Wildman–Crippen LogP) is 4.76. The minimum Gasteiger partial charge on any atom is -0.200 e. The normalized spacial score (nSPS) is 15.3. The van der Waals surface area contributed by atoms with E-state index < -0.39 is 43.0 Å². The third kappa shape index (κ3) is 2.37. The summed E-state index contributed by atoms with van der Waals surface area (Å²) in [6.07, 6.45) is -6.94. The van der Waals surface area contributed by atoms with E-state index in [4.69, 9.17) is 0 Å². The highest BCUT2D eigenvalue weighted by atomic mass is 19.4. The average molecular weight is 293 g/mol. The summed E-state index contributed by atoms with van der Waals surface area (Å²) < 4.78 is 123. The van der Waals surface area contributed by atoms with Crippen molar-refractivity contribution < 1.29 is 43.9 Å². The molecule has 0 nitrogen and oxygen atoms in total. The van der Waals surface area contributed by atoms with Crippen molar-refractivity contribution >= 4 is 0 Å². The van der Waals surface area contributed by atoms with E-state index in [2.05, 4.69) is 0 Å². The smallest absolute Gasteiger partial charge is 0.200 e. The first-order valence-corrected chi connectivity index (χ1v) is 4.45. The van der Waals surface area contributed by atoms with Crippen molar-refractivity contribution in [2.75, 3.05) is 0 Å². The highest BCUT2D eigenvalue weighted by Gasteiger charge is 2.82. The van der Waals surface area contributed by atoms with Crippen LogP contribution >= 0.6 is 0 Å². The zero-order chi connectivity index (χ0) is 15.0. The quantitative estimate of drug-likeness (QED) is 0.620.